The van der Waals surface area contributed by atoms with Crippen molar-refractivity contribution < 1.29 is 9.53 Å². The number of nitrogens with one attached hydrogen (secondary N) is 1. The molecule has 6 aromatic rings. The zero-order chi connectivity index (χ0) is 28.2. The minimum atomic E-state index is -0.0282. The standard InChI is InChI=1S/C34H25N3O2S2/c1-36-21-23-11-13-25(14-12-23)37-29-10-6-5-9-28(29)33(34(37)24-7-3-2-4-8-24)32-18-17-31(41-32)30-16-15-27(40-30)19-26(20-35)39-22-38/h2-19,22,36H,21H2,1H3. The van der Waals surface area contributed by atoms with E-state index in [1.807, 2.05) is 31.3 Å². The molecule has 0 radical (unpaired) electrons. The first-order valence-electron chi connectivity index (χ1n) is 13.1. The molecule has 5 nitrogen and oxygen atoms in total. The van der Waals surface area contributed by atoms with Crippen molar-refractivity contribution in [1.82, 2.24) is 9.88 Å². The molecule has 6 rings (SSSR count). The number of para-hydroxylation sites is 1. The predicted molar refractivity (Wildman–Crippen MR) is 169 cm³/mol. The van der Waals surface area contributed by atoms with Gasteiger partial charge in [-0.25, -0.2) is 0 Å². The van der Waals surface area contributed by atoms with Crippen molar-refractivity contribution in [3.05, 3.63) is 119 Å². The second-order valence-corrected chi connectivity index (χ2v) is 11.5. The number of carbonyl (C=O) groups is 1. The van der Waals surface area contributed by atoms with Gasteiger partial charge in [-0.1, -0.05) is 60.7 Å². The number of nitriles is 1. The number of aromatic nitrogens is 1. The molecule has 0 unspecified atom stereocenters. The molecule has 3 aromatic carbocycles. The summed E-state index contributed by atoms with van der Waals surface area (Å²) in [6.45, 7) is 1.09. The smallest absolute Gasteiger partial charge is 0.299 e. The van der Waals surface area contributed by atoms with Gasteiger partial charge >= 0.3 is 0 Å². The zero-order valence-electron chi connectivity index (χ0n) is 22.2. The predicted octanol–water partition coefficient (Wildman–Crippen LogP) is 8.51. The highest BCUT2D eigenvalue weighted by atomic mass is 32.1. The molecule has 41 heavy (non-hydrogen) atoms. The summed E-state index contributed by atoms with van der Waals surface area (Å²) >= 11 is 3.30. The molecule has 0 fully saturated rings. The number of rotatable bonds is 9. The summed E-state index contributed by atoms with van der Waals surface area (Å²) < 4.78 is 7.12. The highest BCUT2D eigenvalue weighted by molar-refractivity contribution is 7.24. The number of fused-ring (bicyclic) bond motifs is 1. The van der Waals surface area contributed by atoms with E-state index < -0.39 is 0 Å². The molecular formula is C34H25N3O2S2. The lowest BCUT2D eigenvalue weighted by atomic mass is 10.0. The number of ether oxygens (including phenoxy) is 1. The van der Waals surface area contributed by atoms with Crippen molar-refractivity contribution in [2.75, 3.05) is 7.05 Å². The molecular weight excluding hydrogens is 547 g/mol. The minimum Gasteiger partial charge on any atom is -0.417 e. The molecule has 0 aliphatic rings. The summed E-state index contributed by atoms with van der Waals surface area (Å²) in [5, 5.41) is 13.6. The fraction of sp³-hybridized carbons (Fsp3) is 0.0588. The molecule has 0 saturated carbocycles. The van der Waals surface area contributed by atoms with E-state index in [1.165, 1.54) is 21.4 Å². The lowest BCUT2D eigenvalue weighted by Crippen LogP contribution is -2.05. The third-order valence-electron chi connectivity index (χ3n) is 6.78. The van der Waals surface area contributed by atoms with Gasteiger partial charge in [-0.15, -0.1) is 22.7 Å². The van der Waals surface area contributed by atoms with Gasteiger partial charge in [0.05, 0.1) is 11.2 Å². The molecule has 3 aromatic heterocycles. The second-order valence-electron chi connectivity index (χ2n) is 9.34. The van der Waals surface area contributed by atoms with Crippen LogP contribution in [0.5, 0.6) is 0 Å². The van der Waals surface area contributed by atoms with Gasteiger partial charge in [-0.05, 0) is 60.6 Å². The van der Waals surface area contributed by atoms with Crippen LogP contribution in [-0.4, -0.2) is 18.1 Å². The van der Waals surface area contributed by atoms with Crippen LogP contribution in [0.4, 0.5) is 0 Å². The molecule has 0 amide bonds. The number of thiophene rings is 2. The monoisotopic (exact) mass is 571 g/mol. The number of allylic oxidation sites excluding steroid dienone is 1. The molecule has 1 N–H and O–H groups in total. The Balaban J connectivity index is 1.51. The average Bonchev–Trinajstić information content (AvgIpc) is 3.75. The number of nitrogens with zero attached hydrogens (tertiary/aromatic N) is 2. The zero-order valence-corrected chi connectivity index (χ0v) is 23.8. The summed E-state index contributed by atoms with van der Waals surface area (Å²) in [7, 11) is 1.96. The SMILES string of the molecule is CNCc1ccc(-n2c(-c3ccccc3)c(-c3ccc(-c4ccc(C=C(C#N)OC=O)s4)s3)c3ccccc32)cc1. The normalized spacial score (nSPS) is 11.5. The Morgan fingerprint density at radius 2 is 1.59 bits per heavy atom. The number of hydrogen-bond acceptors (Lipinski definition) is 6. The van der Waals surface area contributed by atoms with E-state index in [2.05, 4.69) is 94.8 Å². The molecule has 0 spiro atoms. The molecule has 3 heterocycles. The van der Waals surface area contributed by atoms with Crippen molar-refractivity contribution in [3.63, 3.8) is 0 Å². The maximum atomic E-state index is 10.7. The summed E-state index contributed by atoms with van der Waals surface area (Å²) in [6, 6.07) is 38.1. The van der Waals surface area contributed by atoms with E-state index in [1.54, 1.807) is 28.7 Å². The second kappa shape index (κ2) is 11.8. The number of carbonyl (C=O) groups excluding carboxylic acids is 1. The van der Waals surface area contributed by atoms with Crippen molar-refractivity contribution in [1.29, 1.82) is 5.26 Å². The van der Waals surface area contributed by atoms with Crippen LogP contribution >= 0.6 is 22.7 Å². The van der Waals surface area contributed by atoms with Crippen LogP contribution in [0.3, 0.4) is 0 Å². The van der Waals surface area contributed by atoms with Crippen LogP contribution in [0.2, 0.25) is 0 Å². The van der Waals surface area contributed by atoms with Gasteiger partial charge in [0.15, 0.2) is 0 Å². The molecule has 0 bridgehead atoms. The summed E-state index contributed by atoms with van der Waals surface area (Å²) in [5.74, 6) is -0.0282. The third-order valence-corrected chi connectivity index (χ3v) is 9.11. The lowest BCUT2D eigenvalue weighted by Gasteiger charge is -2.13. The van der Waals surface area contributed by atoms with E-state index in [0.29, 0.717) is 0 Å². The summed E-state index contributed by atoms with van der Waals surface area (Å²) in [5.41, 5.74) is 7.01. The number of benzene rings is 3. The first-order valence-corrected chi connectivity index (χ1v) is 14.7. The van der Waals surface area contributed by atoms with Crippen LogP contribution in [0.25, 0.3) is 54.1 Å². The Morgan fingerprint density at radius 3 is 2.34 bits per heavy atom. The van der Waals surface area contributed by atoms with Gasteiger partial charge in [0, 0.05) is 48.8 Å². The average molecular weight is 572 g/mol. The Kier molecular flexibility index (Phi) is 7.61. The van der Waals surface area contributed by atoms with Crippen molar-refractivity contribution in [2.24, 2.45) is 0 Å². The molecule has 7 heteroatoms. The van der Waals surface area contributed by atoms with Gasteiger partial charge in [-0.3, -0.25) is 4.79 Å². The molecule has 0 saturated heterocycles. The van der Waals surface area contributed by atoms with Crippen molar-refractivity contribution >= 4 is 46.1 Å². The highest BCUT2D eigenvalue weighted by Gasteiger charge is 2.22. The van der Waals surface area contributed by atoms with Gasteiger partial charge in [-0.2, -0.15) is 5.26 Å². The third kappa shape index (κ3) is 5.24. The van der Waals surface area contributed by atoms with E-state index in [-0.39, 0.29) is 12.2 Å². The van der Waals surface area contributed by atoms with Crippen LogP contribution < -0.4 is 5.32 Å². The quantitative estimate of drug-likeness (QED) is 0.107. The van der Waals surface area contributed by atoms with Gasteiger partial charge in [0.1, 0.15) is 6.07 Å². The maximum absolute atomic E-state index is 10.7. The summed E-state index contributed by atoms with van der Waals surface area (Å²) in [4.78, 5) is 14.9. The van der Waals surface area contributed by atoms with Gasteiger partial charge in [0.2, 0.25) is 5.76 Å². The van der Waals surface area contributed by atoms with Crippen molar-refractivity contribution in [3.8, 4) is 43.2 Å². The molecule has 0 aliphatic carbocycles. The fourth-order valence-corrected chi connectivity index (χ4v) is 7.13. The van der Waals surface area contributed by atoms with E-state index >= 15 is 0 Å². The van der Waals surface area contributed by atoms with E-state index in [0.717, 1.165) is 43.6 Å². The Morgan fingerprint density at radius 1 is 0.878 bits per heavy atom. The topological polar surface area (TPSA) is 67.1 Å². The minimum absolute atomic E-state index is 0.0282. The molecule has 0 aliphatic heterocycles. The van der Waals surface area contributed by atoms with Crippen LogP contribution in [0, 0.1) is 11.3 Å². The Bertz CT molecular complexity index is 1910. The number of hydrogen-bond donors (Lipinski definition) is 1. The molecule has 0 atom stereocenters. The van der Waals surface area contributed by atoms with Crippen LogP contribution in [0.1, 0.15) is 10.4 Å². The Hall–Kier alpha value is -4.74. The molecule has 200 valence electrons. The van der Waals surface area contributed by atoms with Crippen LogP contribution in [-0.2, 0) is 16.1 Å². The van der Waals surface area contributed by atoms with Crippen LogP contribution in [0.15, 0.2) is 109 Å². The van der Waals surface area contributed by atoms with E-state index in [4.69, 9.17) is 4.74 Å². The Labute approximate surface area is 246 Å². The van der Waals surface area contributed by atoms with E-state index in [9.17, 15) is 10.1 Å². The first kappa shape index (κ1) is 26.5. The van der Waals surface area contributed by atoms with Gasteiger partial charge < -0.3 is 14.6 Å². The largest absolute Gasteiger partial charge is 0.417 e. The highest BCUT2D eigenvalue weighted by Crippen LogP contribution is 2.47. The van der Waals surface area contributed by atoms with Crippen molar-refractivity contribution in [2.45, 2.75) is 6.54 Å². The summed E-state index contributed by atoms with van der Waals surface area (Å²) in [6.07, 6.45) is 1.58. The van der Waals surface area contributed by atoms with Gasteiger partial charge in [0.25, 0.3) is 6.47 Å². The fourth-order valence-electron chi connectivity index (χ4n) is 5.04. The maximum Gasteiger partial charge on any atom is 0.299 e. The lowest BCUT2D eigenvalue weighted by molar-refractivity contribution is -0.124. The first-order chi connectivity index (χ1) is 20.2.